The summed E-state index contributed by atoms with van der Waals surface area (Å²) in [6, 6.07) is 3.90. The Kier molecular flexibility index (Phi) is 5.40. The van der Waals surface area contributed by atoms with E-state index in [-0.39, 0.29) is 0 Å². The predicted octanol–water partition coefficient (Wildman–Crippen LogP) is 1.32. The third-order valence-electron chi connectivity index (χ3n) is 1.75. The minimum Gasteiger partial charge on any atom is -0.491 e. The quantitative estimate of drug-likeness (QED) is 0.723. The number of thioether (sulfide) groups is 1. The first-order valence-corrected chi connectivity index (χ1v) is 6.03. The summed E-state index contributed by atoms with van der Waals surface area (Å²) in [5.41, 5.74) is 6.44. The van der Waals surface area contributed by atoms with E-state index < -0.39 is 0 Å². The molecular weight excluding hydrogens is 196 g/mol. The van der Waals surface area contributed by atoms with Gasteiger partial charge in [0, 0.05) is 17.9 Å². The number of hydrogen-bond acceptors (Lipinski definition) is 4. The van der Waals surface area contributed by atoms with E-state index in [4.69, 9.17) is 10.5 Å². The molecule has 0 radical (unpaired) electrons. The van der Waals surface area contributed by atoms with Crippen molar-refractivity contribution in [2.24, 2.45) is 5.73 Å². The second kappa shape index (κ2) is 6.68. The van der Waals surface area contributed by atoms with Gasteiger partial charge in [-0.2, -0.15) is 11.8 Å². The topological polar surface area (TPSA) is 48.1 Å². The van der Waals surface area contributed by atoms with Gasteiger partial charge in [0.25, 0.3) is 0 Å². The van der Waals surface area contributed by atoms with Crippen molar-refractivity contribution in [3.05, 3.63) is 24.0 Å². The molecule has 0 bridgehead atoms. The van der Waals surface area contributed by atoms with E-state index in [0.717, 1.165) is 30.2 Å². The molecule has 1 aromatic rings. The molecule has 0 aliphatic rings. The Labute approximate surface area is 89.1 Å². The van der Waals surface area contributed by atoms with Gasteiger partial charge in [0.05, 0.1) is 12.8 Å². The Morgan fingerprint density at radius 1 is 1.50 bits per heavy atom. The number of ether oxygens (including phenoxy) is 1. The Hall–Kier alpha value is -0.740. The molecular formula is C10H16N2OS. The molecule has 2 N–H and O–H groups in total. The molecule has 0 aliphatic heterocycles. The van der Waals surface area contributed by atoms with Gasteiger partial charge in [0.15, 0.2) is 0 Å². The van der Waals surface area contributed by atoms with Crippen LogP contribution in [0.1, 0.15) is 5.69 Å². The number of aromatic nitrogens is 1. The second-order valence-electron chi connectivity index (χ2n) is 2.87. The molecule has 1 heterocycles. The van der Waals surface area contributed by atoms with Crippen LogP contribution in [0, 0.1) is 0 Å². The predicted molar refractivity (Wildman–Crippen MR) is 60.9 cm³/mol. The number of rotatable bonds is 6. The fraction of sp³-hybridized carbons (Fsp3) is 0.500. The number of nitrogens with zero attached hydrogens (tertiary/aromatic N) is 1. The molecule has 1 rings (SSSR count). The van der Waals surface area contributed by atoms with Gasteiger partial charge in [-0.3, -0.25) is 4.98 Å². The molecule has 3 nitrogen and oxygen atoms in total. The zero-order chi connectivity index (χ0) is 10.2. The van der Waals surface area contributed by atoms with Crippen molar-refractivity contribution in [1.29, 1.82) is 0 Å². The van der Waals surface area contributed by atoms with Gasteiger partial charge in [-0.1, -0.05) is 0 Å². The summed E-state index contributed by atoms with van der Waals surface area (Å²) < 4.78 is 5.46. The van der Waals surface area contributed by atoms with Gasteiger partial charge in [-0.25, -0.2) is 0 Å². The molecule has 0 saturated heterocycles. The zero-order valence-corrected chi connectivity index (χ0v) is 9.22. The Morgan fingerprint density at radius 3 is 2.93 bits per heavy atom. The summed E-state index contributed by atoms with van der Waals surface area (Å²) in [7, 11) is 0. The van der Waals surface area contributed by atoms with Crippen LogP contribution in [0.25, 0.3) is 0 Å². The maximum absolute atomic E-state index is 5.46. The third kappa shape index (κ3) is 3.98. The highest BCUT2D eigenvalue weighted by molar-refractivity contribution is 7.98. The van der Waals surface area contributed by atoms with Crippen LogP contribution in [-0.2, 0) is 6.42 Å². The van der Waals surface area contributed by atoms with Crippen molar-refractivity contribution in [2.75, 3.05) is 25.2 Å². The summed E-state index contributed by atoms with van der Waals surface area (Å²) >= 11 is 1.77. The fourth-order valence-corrected chi connectivity index (χ4v) is 1.28. The largest absolute Gasteiger partial charge is 0.491 e. The van der Waals surface area contributed by atoms with Gasteiger partial charge < -0.3 is 10.5 Å². The van der Waals surface area contributed by atoms with E-state index >= 15 is 0 Å². The molecule has 0 spiro atoms. The molecule has 0 atom stereocenters. The lowest BCUT2D eigenvalue weighted by Gasteiger charge is -2.04. The van der Waals surface area contributed by atoms with Gasteiger partial charge in [0.1, 0.15) is 5.75 Å². The molecule has 0 unspecified atom stereocenters. The van der Waals surface area contributed by atoms with Crippen molar-refractivity contribution < 1.29 is 4.74 Å². The average Bonchev–Trinajstić information content (AvgIpc) is 2.21. The summed E-state index contributed by atoms with van der Waals surface area (Å²) in [6.07, 6.45) is 4.64. The van der Waals surface area contributed by atoms with Crippen LogP contribution in [0.15, 0.2) is 18.3 Å². The zero-order valence-electron chi connectivity index (χ0n) is 8.40. The maximum atomic E-state index is 5.46. The normalized spacial score (nSPS) is 10.1. The van der Waals surface area contributed by atoms with Crippen molar-refractivity contribution in [3.63, 3.8) is 0 Å². The van der Waals surface area contributed by atoms with E-state index in [9.17, 15) is 0 Å². The lowest BCUT2D eigenvalue weighted by Crippen LogP contribution is -2.05. The molecule has 0 saturated carbocycles. The van der Waals surface area contributed by atoms with Crippen LogP contribution in [0.5, 0.6) is 5.75 Å². The van der Waals surface area contributed by atoms with Crippen molar-refractivity contribution in [2.45, 2.75) is 6.42 Å². The molecule has 0 aliphatic carbocycles. The van der Waals surface area contributed by atoms with Gasteiger partial charge in [0.2, 0.25) is 0 Å². The first-order valence-electron chi connectivity index (χ1n) is 4.63. The Bertz CT molecular complexity index is 251. The van der Waals surface area contributed by atoms with Crippen molar-refractivity contribution in [1.82, 2.24) is 4.98 Å². The van der Waals surface area contributed by atoms with E-state index in [2.05, 4.69) is 11.2 Å². The highest BCUT2D eigenvalue weighted by atomic mass is 32.2. The number of pyridine rings is 1. The minimum absolute atomic E-state index is 0.639. The monoisotopic (exact) mass is 212 g/mol. The van der Waals surface area contributed by atoms with Gasteiger partial charge >= 0.3 is 0 Å². The van der Waals surface area contributed by atoms with Crippen LogP contribution in [-0.4, -0.2) is 30.1 Å². The smallest absolute Gasteiger partial charge is 0.137 e. The lowest BCUT2D eigenvalue weighted by atomic mass is 10.3. The van der Waals surface area contributed by atoms with E-state index in [1.165, 1.54) is 0 Å². The number of hydrogen-bond donors (Lipinski definition) is 1. The molecule has 78 valence electrons. The summed E-state index contributed by atoms with van der Waals surface area (Å²) in [4.78, 5) is 4.24. The van der Waals surface area contributed by atoms with Gasteiger partial charge in [-0.05, 0) is 24.9 Å². The summed E-state index contributed by atoms with van der Waals surface area (Å²) in [6.45, 7) is 1.37. The molecule has 0 fully saturated rings. The summed E-state index contributed by atoms with van der Waals surface area (Å²) in [5, 5.41) is 0. The molecule has 1 aromatic heterocycles. The van der Waals surface area contributed by atoms with Gasteiger partial charge in [-0.15, -0.1) is 0 Å². The van der Waals surface area contributed by atoms with Crippen LogP contribution < -0.4 is 10.5 Å². The Morgan fingerprint density at radius 2 is 2.36 bits per heavy atom. The average molecular weight is 212 g/mol. The standard InChI is InChI=1S/C10H16N2OS/c1-14-7-6-13-10-3-2-9(4-5-11)12-8-10/h2-3,8H,4-7,11H2,1H3. The van der Waals surface area contributed by atoms with Crippen molar-refractivity contribution in [3.8, 4) is 5.75 Å². The van der Waals surface area contributed by atoms with Crippen LogP contribution in [0.3, 0.4) is 0 Å². The third-order valence-corrected chi connectivity index (χ3v) is 2.33. The van der Waals surface area contributed by atoms with Crippen molar-refractivity contribution >= 4 is 11.8 Å². The first kappa shape index (κ1) is 11.3. The summed E-state index contributed by atoms with van der Waals surface area (Å²) in [5.74, 6) is 1.84. The van der Waals surface area contributed by atoms with E-state index in [1.54, 1.807) is 18.0 Å². The lowest BCUT2D eigenvalue weighted by molar-refractivity contribution is 0.342. The highest BCUT2D eigenvalue weighted by Gasteiger charge is 1.95. The number of nitrogens with two attached hydrogens (primary N) is 1. The van der Waals surface area contributed by atoms with Crippen LogP contribution >= 0.6 is 11.8 Å². The first-order chi connectivity index (χ1) is 6.86. The molecule has 0 amide bonds. The van der Waals surface area contributed by atoms with E-state index in [0.29, 0.717) is 6.54 Å². The SMILES string of the molecule is CSCCOc1ccc(CCN)nc1. The van der Waals surface area contributed by atoms with E-state index in [1.807, 2.05) is 12.1 Å². The Balaban J connectivity index is 2.38. The molecule has 4 heteroatoms. The second-order valence-corrected chi connectivity index (χ2v) is 3.85. The van der Waals surface area contributed by atoms with Crippen LogP contribution in [0.2, 0.25) is 0 Å². The minimum atomic E-state index is 0.639. The molecule has 14 heavy (non-hydrogen) atoms. The highest BCUT2D eigenvalue weighted by Crippen LogP contribution is 2.09. The maximum Gasteiger partial charge on any atom is 0.137 e. The van der Waals surface area contributed by atoms with Crippen LogP contribution in [0.4, 0.5) is 0 Å². The fourth-order valence-electron chi connectivity index (χ4n) is 1.03. The molecule has 0 aromatic carbocycles.